The number of carbonyl (C=O) groups excluding carboxylic acids is 16. The highest BCUT2D eigenvalue weighted by molar-refractivity contribution is 6.05. The van der Waals surface area contributed by atoms with Crippen molar-refractivity contribution < 1.29 is 126 Å². The van der Waals surface area contributed by atoms with Crippen LogP contribution in [0.2, 0.25) is 0 Å². The van der Waals surface area contributed by atoms with E-state index >= 15 is 9.59 Å². The Morgan fingerprint density at radius 3 is 1.69 bits per heavy atom. The fourth-order valence-electron chi connectivity index (χ4n) is 13.5. The number of aromatic amines is 1. The Morgan fingerprint density at radius 2 is 1.06 bits per heavy atom. The quantitative estimate of drug-likeness (QED) is 0.00865. The molecule has 0 saturated carbocycles. The maximum Gasteiger partial charge on any atom is 0.329 e. The van der Waals surface area contributed by atoms with E-state index in [-0.39, 0.29) is 50.0 Å². The van der Waals surface area contributed by atoms with Crippen molar-refractivity contribution in [2.75, 3.05) is 32.0 Å². The molecule has 43 heteroatoms. The van der Waals surface area contributed by atoms with E-state index in [1.54, 1.807) is 30.5 Å². The van der Waals surface area contributed by atoms with Crippen LogP contribution in [0.5, 0.6) is 0 Å². The minimum Gasteiger partial charge on any atom is -0.481 e. The number of H-pyrrole nitrogens is 1. The van der Waals surface area contributed by atoms with Gasteiger partial charge in [-0.1, -0.05) is 137 Å². The third-order valence-corrected chi connectivity index (χ3v) is 20.4. The van der Waals surface area contributed by atoms with Crippen LogP contribution >= 0.6 is 0 Å². The normalized spacial score (nSPS) is 20.2. The van der Waals surface area contributed by atoms with Crippen LogP contribution in [0.15, 0.2) is 109 Å². The van der Waals surface area contributed by atoms with Gasteiger partial charge >= 0.3 is 29.8 Å². The summed E-state index contributed by atoms with van der Waals surface area (Å²) in [7, 11) is 0. The van der Waals surface area contributed by atoms with E-state index in [1.165, 1.54) is 24.3 Å². The number of para-hydroxylation sites is 2. The van der Waals surface area contributed by atoms with Crippen LogP contribution in [0.1, 0.15) is 152 Å². The minimum atomic E-state index is -2.46. The number of carbonyl (C=O) groups is 20. The first-order valence-corrected chi connectivity index (χ1v) is 41.5. The lowest BCUT2D eigenvalue weighted by molar-refractivity contribution is -0.156. The number of nitrogens with two attached hydrogens (primary N) is 2. The molecule has 1 aliphatic heterocycles. The zero-order chi connectivity index (χ0) is 94.3. The zero-order valence-corrected chi connectivity index (χ0v) is 70.9. The number of unbranched alkanes of at least 4 members (excludes halogenated alkanes) is 6. The molecule has 6 rings (SSSR count). The number of Topliss-reactive ketones (excluding diaryl/α,β-unsaturated/α-hetero) is 1. The number of aliphatic hydroxyl groups is 1. The molecule has 2 heterocycles. The molecular weight excluding hydrogens is 1680 g/mol. The van der Waals surface area contributed by atoms with Crippen LogP contribution in [0.4, 0.5) is 5.69 Å². The number of aliphatic hydroxyl groups excluding tert-OH is 1. The summed E-state index contributed by atoms with van der Waals surface area (Å²) in [5, 5.41) is 83.0. The van der Waals surface area contributed by atoms with Crippen LogP contribution in [-0.2, 0) is 109 Å². The number of primary amides is 1. The molecule has 1 saturated heterocycles. The summed E-state index contributed by atoms with van der Waals surface area (Å²) in [6, 6.07) is 6.29. The van der Waals surface area contributed by atoms with Gasteiger partial charge in [-0.15, -0.1) is 0 Å². The van der Waals surface area contributed by atoms with Gasteiger partial charge in [-0.25, -0.2) is 4.79 Å². The third kappa shape index (κ3) is 34.3. The summed E-state index contributed by atoms with van der Waals surface area (Å²) < 4.78 is 5.76. The van der Waals surface area contributed by atoms with E-state index in [4.69, 9.17) is 16.2 Å². The Morgan fingerprint density at radius 1 is 0.516 bits per heavy atom. The first-order valence-electron chi connectivity index (χ1n) is 41.5. The first kappa shape index (κ1) is 103. The topological polar surface area (TPSA) is 688 Å². The lowest BCUT2D eigenvalue weighted by atomic mass is 9.96. The Kier molecular flexibility index (Phi) is 41.5. The molecule has 13 atom stereocenters. The average Bonchev–Trinajstić information content (AvgIpc) is 1.65. The number of rotatable bonds is 39. The number of carboxylic acids is 4. The number of hydrogen-bond donors (Lipinski definition) is 22. The largest absolute Gasteiger partial charge is 0.481 e. The summed E-state index contributed by atoms with van der Waals surface area (Å²) in [5.41, 5.74) is 15.1. The molecule has 1 aromatic heterocycles. The number of aromatic nitrogens is 1. The third-order valence-electron chi connectivity index (χ3n) is 20.4. The number of anilines is 1. The maximum absolute atomic E-state index is 15.0. The molecular formula is C85H111N17O26. The van der Waals surface area contributed by atoms with Gasteiger partial charge in [0, 0.05) is 54.2 Å². The fraction of sp³-hybridized carbons (Fsp3) is 0.459. The van der Waals surface area contributed by atoms with Crippen LogP contribution in [0.3, 0.4) is 0 Å². The van der Waals surface area contributed by atoms with E-state index < -0.39 is 255 Å². The Labute approximate surface area is 734 Å². The number of nitrogen functional groups attached to an aromatic ring is 1. The maximum atomic E-state index is 15.0. The number of nitrogens with one attached hydrogen (secondary N) is 15. The molecule has 5 aromatic rings. The summed E-state index contributed by atoms with van der Waals surface area (Å²) in [6.07, 6.45) is -2.28. The summed E-state index contributed by atoms with van der Waals surface area (Å²) >= 11 is 0. The molecule has 0 aliphatic carbocycles. The number of aliphatic carboxylic acids is 4. The van der Waals surface area contributed by atoms with Crippen molar-refractivity contribution in [1.82, 2.24) is 79.4 Å². The highest BCUT2D eigenvalue weighted by Crippen LogP contribution is 2.23. The number of ketones is 1. The second-order valence-corrected chi connectivity index (χ2v) is 30.7. The van der Waals surface area contributed by atoms with Gasteiger partial charge in [-0.05, 0) is 86.0 Å². The molecule has 14 amide bonds. The predicted molar refractivity (Wildman–Crippen MR) is 455 cm³/mol. The molecule has 3 unspecified atom stereocenters. The van der Waals surface area contributed by atoms with Crippen molar-refractivity contribution in [2.24, 2.45) is 11.7 Å². The molecule has 128 heavy (non-hydrogen) atoms. The van der Waals surface area contributed by atoms with Gasteiger partial charge in [0.1, 0.15) is 72.6 Å². The first-order chi connectivity index (χ1) is 60.8. The van der Waals surface area contributed by atoms with Crippen LogP contribution in [0, 0.1) is 5.92 Å². The van der Waals surface area contributed by atoms with Gasteiger partial charge in [0.05, 0.1) is 51.8 Å². The second kappa shape index (κ2) is 51.9. The minimum absolute atomic E-state index is 0.00812. The molecule has 43 nitrogen and oxygen atoms in total. The molecule has 0 bridgehead atoms. The van der Waals surface area contributed by atoms with Crippen molar-refractivity contribution >= 4 is 135 Å². The average molecular weight is 1790 g/mol. The van der Waals surface area contributed by atoms with E-state index in [1.807, 2.05) is 65.2 Å². The van der Waals surface area contributed by atoms with Gasteiger partial charge in [0.25, 0.3) is 0 Å². The van der Waals surface area contributed by atoms with Gasteiger partial charge in [0.2, 0.25) is 82.7 Å². The number of carboxylic acid groups (broad SMARTS) is 4. The molecule has 1 fully saturated rings. The summed E-state index contributed by atoms with van der Waals surface area (Å²) in [6.45, 7) is 1.66. The number of amides is 14. The number of cyclic esters (lactones) is 1. The molecule has 692 valence electrons. The highest BCUT2D eigenvalue weighted by Gasteiger charge is 2.41. The highest BCUT2D eigenvalue weighted by atomic mass is 16.5. The lowest BCUT2D eigenvalue weighted by Gasteiger charge is -2.30. The van der Waals surface area contributed by atoms with E-state index in [0.29, 0.717) is 29.3 Å². The van der Waals surface area contributed by atoms with Crippen molar-refractivity contribution in [3.05, 3.63) is 126 Å². The number of fused-ring (bicyclic) bond motifs is 1. The number of ether oxygens (including phenoxy) is 1. The number of benzene rings is 4. The van der Waals surface area contributed by atoms with Gasteiger partial charge in [-0.2, -0.15) is 0 Å². The van der Waals surface area contributed by atoms with E-state index in [2.05, 4.69) is 75.7 Å². The fourth-order valence-corrected chi connectivity index (χ4v) is 13.5. The van der Waals surface area contributed by atoms with Crippen molar-refractivity contribution in [1.29, 1.82) is 0 Å². The van der Waals surface area contributed by atoms with Crippen LogP contribution in [0.25, 0.3) is 22.0 Å². The van der Waals surface area contributed by atoms with E-state index in [0.717, 1.165) is 69.6 Å². The lowest BCUT2D eigenvalue weighted by Crippen LogP contribution is -2.62. The van der Waals surface area contributed by atoms with Crippen molar-refractivity contribution in [2.45, 2.75) is 216 Å². The van der Waals surface area contributed by atoms with Crippen LogP contribution in [-0.4, -0.2) is 248 Å². The van der Waals surface area contributed by atoms with Crippen molar-refractivity contribution in [3.63, 3.8) is 0 Å². The standard InChI is InChI=1S/C85H111N17O26/c1-5-6-7-8-9-10-14-27-66(106)94-57(34-51-41-89-55-25-18-16-22-52(51)55)79(121)97-58(36-65(87)105)80(122)99-61(39-72(115)116)81(123)102-74-47(4)128-85(127)62(35-64(104)53-23-15-17-24-54(53)86)100-84(126)73(45(2)33-69(109)110)101-82(124)63(44-103)95-68(108)42-90-76(118)59(37-70(111)112)96-75(117)46(3)92-78(120)60(38-71(113)114)98-77(119)56(93-67(107)43-91-83(74)125)26-19-32-88-40-48-28-30-50(31-29-48)49-20-12-11-13-21-49/h11-13,15-18,20-25,28-31,41,45-47,56-63,73-74,88-89,103H,5-10,14,19,26-27,32-40,42-44,86H2,1-4H3,(H2,87,105)(H,90,118)(H,91,125)(H,92,120)(H,93,107)(H,94,106)(H,95,108)(H,96,117)(H,97,121)(H,98,119)(H,99,122)(H,100,126)(H,101,124)(H,102,123)(H,109,110)(H,111,112)(H,113,114)(H,115,116)/t45-,46-,47-,56+,57+,58+,59+,60?,61+,62+,63-,73?,74?/m1/s1. The monoisotopic (exact) mass is 1790 g/mol. The van der Waals surface area contributed by atoms with Gasteiger partial charge in [-0.3, -0.25) is 91.1 Å². The number of hydrogen-bond acceptors (Lipinski definition) is 24. The Bertz CT molecular complexity index is 4800. The molecule has 0 spiro atoms. The van der Waals surface area contributed by atoms with Gasteiger partial charge < -0.3 is 121 Å². The zero-order valence-electron chi connectivity index (χ0n) is 70.9. The molecule has 1 aliphatic rings. The van der Waals surface area contributed by atoms with Gasteiger partial charge in [0.15, 0.2) is 5.78 Å². The Hall–Kier alpha value is -14.3. The SMILES string of the molecule is CCCCCCCCCC(=O)N[C@@H](Cc1c[nH]c2ccccc12)C(=O)N[C@@H](CC(N)=O)C(=O)N[C@@H](CC(=O)O)C(=O)NC1C(=O)NCC(=O)N[C@@H](CCCNCc2ccc(-c3ccccc3)cc2)C(=O)NC(CC(=O)O)C(=O)N[C@H](C)C(=O)N[C@@H](CC(=O)O)C(=O)NCC(=O)N[C@H](CO)C(=O)NC([C@H](C)CC(=O)O)C(=O)N[C@@H](CC(=O)c2ccccc2N)C(=O)O[C@@H]1C. The van der Waals surface area contributed by atoms with Crippen molar-refractivity contribution in [3.8, 4) is 11.1 Å². The summed E-state index contributed by atoms with van der Waals surface area (Å²) in [5.74, 6) is -29.7. The number of esters is 1. The van der Waals surface area contributed by atoms with E-state index in [9.17, 15) is 112 Å². The molecule has 0 radical (unpaired) electrons. The Balaban J connectivity index is 1.42. The van der Waals surface area contributed by atoms with Crippen LogP contribution < -0.4 is 85.9 Å². The molecule has 4 aromatic carbocycles. The molecule has 24 N–H and O–H groups in total. The summed E-state index contributed by atoms with van der Waals surface area (Å²) in [4.78, 5) is 280. The smallest absolute Gasteiger partial charge is 0.329 e. The predicted octanol–water partition coefficient (Wildman–Crippen LogP) is -2.12. The second-order valence-electron chi connectivity index (χ2n) is 30.7.